The second-order valence-corrected chi connectivity index (χ2v) is 7.43. The molecule has 0 aliphatic carbocycles. The van der Waals surface area contributed by atoms with Crippen LogP contribution in [0.4, 0.5) is 17.1 Å². The Morgan fingerprint density at radius 3 is 2.50 bits per heavy atom. The molecule has 1 aromatic heterocycles. The first kappa shape index (κ1) is 22.7. The molecule has 1 heterocycles. The summed E-state index contributed by atoms with van der Waals surface area (Å²) in [6.07, 6.45) is 1.20. The molecule has 0 aliphatic rings. The van der Waals surface area contributed by atoms with E-state index in [9.17, 15) is 30.3 Å². The topological polar surface area (TPSA) is 152 Å². The highest BCUT2D eigenvalue weighted by molar-refractivity contribution is 9.10. The van der Waals surface area contributed by atoms with Gasteiger partial charge in [0, 0.05) is 40.0 Å². The number of nitro groups is 2. The number of rotatable bonds is 6. The van der Waals surface area contributed by atoms with Crippen molar-refractivity contribution in [1.29, 1.82) is 5.26 Å². The van der Waals surface area contributed by atoms with Gasteiger partial charge in [-0.1, -0.05) is 11.6 Å². The summed E-state index contributed by atoms with van der Waals surface area (Å²) < 4.78 is 6.07. The lowest BCUT2D eigenvalue weighted by Crippen LogP contribution is -2.13. The van der Waals surface area contributed by atoms with Crippen LogP contribution in [0, 0.1) is 31.6 Å². The summed E-state index contributed by atoms with van der Waals surface area (Å²) in [6.45, 7) is 0. The summed E-state index contributed by atoms with van der Waals surface area (Å²) in [4.78, 5) is 33.1. The van der Waals surface area contributed by atoms with Gasteiger partial charge in [0.25, 0.3) is 17.3 Å². The number of amides is 1. The second-order valence-electron chi connectivity index (χ2n) is 6.17. The van der Waals surface area contributed by atoms with E-state index < -0.39 is 21.4 Å². The van der Waals surface area contributed by atoms with Crippen LogP contribution in [0.2, 0.25) is 5.02 Å². The number of anilines is 1. The van der Waals surface area contributed by atoms with Gasteiger partial charge in [-0.05, 0) is 46.3 Å². The summed E-state index contributed by atoms with van der Waals surface area (Å²) in [5.74, 6) is -0.276. The van der Waals surface area contributed by atoms with Gasteiger partial charge in [0.05, 0.1) is 9.85 Å². The zero-order valence-corrected chi connectivity index (χ0v) is 18.1. The van der Waals surface area contributed by atoms with Crippen molar-refractivity contribution in [3.63, 3.8) is 0 Å². The van der Waals surface area contributed by atoms with Gasteiger partial charge in [-0.15, -0.1) is 0 Å². The predicted octanol–water partition coefficient (Wildman–Crippen LogP) is 5.72. The number of nitrogens with one attached hydrogen (secondary N) is 1. The Hall–Kier alpha value is -4.01. The number of carbonyl (C=O) groups is 1. The normalized spacial score (nSPS) is 11.0. The Morgan fingerprint density at radius 1 is 1.12 bits per heavy atom. The molecule has 160 valence electrons. The minimum atomic E-state index is -0.807. The highest BCUT2D eigenvalue weighted by Crippen LogP contribution is 2.33. The Morgan fingerprint density at radius 2 is 1.88 bits per heavy atom. The second kappa shape index (κ2) is 9.42. The van der Waals surface area contributed by atoms with Crippen LogP contribution < -0.4 is 5.32 Å². The van der Waals surface area contributed by atoms with E-state index in [0.717, 1.165) is 6.07 Å². The molecule has 0 saturated carbocycles. The monoisotopic (exact) mass is 516 g/mol. The maximum Gasteiger partial charge on any atom is 0.289 e. The SMILES string of the molecule is N#C/C(=C\c1ccc(-c2ccc([N+](=O)[O-])cc2Br)o1)C(=O)Nc1ccc(Cl)c([N+](=O)[O-])c1. The smallest absolute Gasteiger partial charge is 0.289 e. The number of hydrogen-bond donors (Lipinski definition) is 1. The van der Waals surface area contributed by atoms with Gasteiger partial charge in [-0.3, -0.25) is 25.0 Å². The number of furan rings is 1. The first-order valence-electron chi connectivity index (χ1n) is 8.61. The zero-order chi connectivity index (χ0) is 23.4. The molecule has 0 spiro atoms. The Labute approximate surface area is 193 Å². The highest BCUT2D eigenvalue weighted by Gasteiger charge is 2.17. The average Bonchev–Trinajstić information content (AvgIpc) is 3.21. The summed E-state index contributed by atoms with van der Waals surface area (Å²) in [6, 6.07) is 12.7. The minimum absolute atomic E-state index is 0.0854. The number of benzene rings is 2. The van der Waals surface area contributed by atoms with Crippen LogP contribution in [0.15, 0.2) is 63.0 Å². The largest absolute Gasteiger partial charge is 0.457 e. The van der Waals surface area contributed by atoms with Gasteiger partial charge in [0.15, 0.2) is 0 Å². The van der Waals surface area contributed by atoms with E-state index >= 15 is 0 Å². The molecule has 3 rings (SSSR count). The third-order valence-corrected chi connectivity index (χ3v) is 5.08. The van der Waals surface area contributed by atoms with Crippen molar-refractivity contribution in [3.05, 3.63) is 89.6 Å². The van der Waals surface area contributed by atoms with Gasteiger partial charge in [-0.2, -0.15) is 5.26 Å². The summed E-state index contributed by atoms with van der Waals surface area (Å²) >= 11 is 9.00. The number of nitriles is 1. The van der Waals surface area contributed by atoms with Gasteiger partial charge in [0.1, 0.15) is 28.2 Å². The molecule has 0 radical (unpaired) electrons. The van der Waals surface area contributed by atoms with E-state index in [2.05, 4.69) is 21.2 Å². The molecular weight excluding hydrogens is 508 g/mol. The van der Waals surface area contributed by atoms with Crippen LogP contribution in [-0.4, -0.2) is 15.8 Å². The summed E-state index contributed by atoms with van der Waals surface area (Å²) in [7, 11) is 0. The molecule has 1 N–H and O–H groups in total. The maximum atomic E-state index is 12.4. The number of nitro benzene ring substituents is 2. The molecule has 10 nitrogen and oxygen atoms in total. The number of non-ortho nitro benzene ring substituents is 1. The van der Waals surface area contributed by atoms with E-state index in [0.29, 0.717) is 15.8 Å². The molecular formula is C20H10BrClN4O6. The number of carbonyl (C=O) groups excluding carboxylic acids is 1. The first-order valence-corrected chi connectivity index (χ1v) is 9.78. The first-order chi connectivity index (χ1) is 15.2. The minimum Gasteiger partial charge on any atom is -0.457 e. The Bertz CT molecular complexity index is 1330. The van der Waals surface area contributed by atoms with Crippen molar-refractivity contribution in [1.82, 2.24) is 0 Å². The molecule has 2 aromatic carbocycles. The molecule has 0 fully saturated rings. The lowest BCUT2D eigenvalue weighted by molar-refractivity contribution is -0.385. The lowest BCUT2D eigenvalue weighted by Gasteiger charge is -2.04. The zero-order valence-electron chi connectivity index (χ0n) is 15.7. The molecule has 1 amide bonds. The van der Waals surface area contributed by atoms with Gasteiger partial charge >= 0.3 is 0 Å². The standard InChI is InChI=1S/C20H10BrClN4O6/c21-16-9-13(25(28)29)2-4-15(16)19-6-3-14(32-19)7-11(10-23)20(27)24-12-1-5-17(22)18(8-12)26(30)31/h1-9H,(H,24,27)/b11-7+. The van der Waals surface area contributed by atoms with Gasteiger partial charge in [-0.25, -0.2) is 0 Å². The molecule has 12 heteroatoms. The quantitative estimate of drug-likeness (QED) is 0.190. The molecule has 0 bridgehead atoms. The fraction of sp³-hybridized carbons (Fsp3) is 0. The maximum absolute atomic E-state index is 12.4. The van der Waals surface area contributed by atoms with Crippen LogP contribution >= 0.6 is 27.5 Å². The third kappa shape index (κ3) is 5.00. The fourth-order valence-corrected chi connectivity index (χ4v) is 3.36. The molecule has 3 aromatic rings. The Balaban J connectivity index is 1.83. The third-order valence-electron chi connectivity index (χ3n) is 4.11. The predicted molar refractivity (Wildman–Crippen MR) is 119 cm³/mol. The highest BCUT2D eigenvalue weighted by atomic mass is 79.9. The van der Waals surface area contributed by atoms with Crippen molar-refractivity contribution < 1.29 is 19.1 Å². The van der Waals surface area contributed by atoms with Crippen molar-refractivity contribution in [2.45, 2.75) is 0 Å². The summed E-state index contributed by atoms with van der Waals surface area (Å²) in [5.41, 5.74) is -0.186. The molecule has 0 unspecified atom stereocenters. The molecule has 32 heavy (non-hydrogen) atoms. The van der Waals surface area contributed by atoms with Crippen LogP contribution in [0.5, 0.6) is 0 Å². The van der Waals surface area contributed by atoms with E-state index in [-0.39, 0.29) is 27.7 Å². The van der Waals surface area contributed by atoms with E-state index in [4.69, 9.17) is 16.0 Å². The van der Waals surface area contributed by atoms with E-state index in [1.807, 2.05) is 0 Å². The lowest BCUT2D eigenvalue weighted by atomic mass is 10.1. The van der Waals surface area contributed by atoms with Crippen molar-refractivity contribution in [2.75, 3.05) is 5.32 Å². The van der Waals surface area contributed by atoms with Crippen LogP contribution in [0.3, 0.4) is 0 Å². The molecule has 0 aliphatic heterocycles. The summed E-state index contributed by atoms with van der Waals surface area (Å²) in [5, 5.41) is 33.5. The van der Waals surface area contributed by atoms with Crippen LogP contribution in [0.1, 0.15) is 5.76 Å². The van der Waals surface area contributed by atoms with E-state index in [1.165, 1.54) is 42.5 Å². The van der Waals surface area contributed by atoms with Gasteiger partial charge < -0.3 is 9.73 Å². The molecule has 0 atom stereocenters. The average molecular weight is 518 g/mol. The number of halogens is 2. The van der Waals surface area contributed by atoms with Crippen LogP contribution in [-0.2, 0) is 4.79 Å². The Kier molecular flexibility index (Phi) is 6.67. The number of nitrogens with zero attached hydrogens (tertiary/aromatic N) is 3. The number of hydrogen-bond acceptors (Lipinski definition) is 7. The van der Waals surface area contributed by atoms with Crippen LogP contribution in [0.25, 0.3) is 17.4 Å². The van der Waals surface area contributed by atoms with Crippen molar-refractivity contribution >= 4 is 56.6 Å². The van der Waals surface area contributed by atoms with E-state index in [1.54, 1.807) is 12.1 Å². The molecule has 0 saturated heterocycles. The van der Waals surface area contributed by atoms with Crippen molar-refractivity contribution in [3.8, 4) is 17.4 Å². The van der Waals surface area contributed by atoms with Crippen molar-refractivity contribution in [2.24, 2.45) is 0 Å². The fourth-order valence-electron chi connectivity index (χ4n) is 2.61. The van der Waals surface area contributed by atoms with Gasteiger partial charge in [0.2, 0.25) is 0 Å².